The summed E-state index contributed by atoms with van der Waals surface area (Å²) in [6.45, 7) is 5.73. The van der Waals surface area contributed by atoms with Gasteiger partial charge in [-0.05, 0) is 37.9 Å². The maximum atomic E-state index is 13.2. The number of amides is 1. The molecule has 1 fully saturated rings. The van der Waals surface area contributed by atoms with Gasteiger partial charge in [0, 0.05) is 44.8 Å². The smallest absolute Gasteiger partial charge is 0.274 e. The van der Waals surface area contributed by atoms with Gasteiger partial charge in [0.05, 0.1) is 5.69 Å². The maximum absolute atomic E-state index is 13.2. The Morgan fingerprint density at radius 2 is 2.00 bits per heavy atom. The van der Waals surface area contributed by atoms with Crippen LogP contribution in [0.1, 0.15) is 41.0 Å². The Morgan fingerprint density at radius 3 is 2.80 bits per heavy atom. The number of fused-ring (bicyclic) bond motifs is 1. The van der Waals surface area contributed by atoms with Crippen molar-refractivity contribution in [3.8, 4) is 0 Å². The van der Waals surface area contributed by atoms with E-state index < -0.39 is 0 Å². The number of imidazole rings is 1. The molecule has 3 aromatic rings. The largest absolute Gasteiger partial charge is 0.340 e. The first-order valence-corrected chi connectivity index (χ1v) is 11.8. The van der Waals surface area contributed by atoms with Gasteiger partial charge in [0.15, 0.2) is 10.7 Å². The van der Waals surface area contributed by atoms with E-state index in [1.54, 1.807) is 16.2 Å². The van der Waals surface area contributed by atoms with Gasteiger partial charge in [0.1, 0.15) is 0 Å². The lowest BCUT2D eigenvalue weighted by Crippen LogP contribution is -2.36. The molecule has 0 saturated carbocycles. The molecule has 0 atom stereocenters. The summed E-state index contributed by atoms with van der Waals surface area (Å²) < 4.78 is 2.05. The number of likely N-dealkylation sites (N-methyl/N-ethyl adjacent to an activating group) is 1. The highest BCUT2D eigenvalue weighted by Gasteiger charge is 2.22. The summed E-state index contributed by atoms with van der Waals surface area (Å²) in [6, 6.07) is 10.3. The fraction of sp³-hybridized carbons (Fsp3) is 0.478. The van der Waals surface area contributed by atoms with Crippen molar-refractivity contribution in [1.29, 1.82) is 0 Å². The number of rotatable bonds is 9. The van der Waals surface area contributed by atoms with Crippen molar-refractivity contribution < 1.29 is 4.79 Å². The molecule has 30 heavy (non-hydrogen) atoms. The van der Waals surface area contributed by atoms with Crippen LogP contribution in [0, 0.1) is 0 Å². The quantitative estimate of drug-likeness (QED) is 0.535. The molecule has 3 heterocycles. The van der Waals surface area contributed by atoms with E-state index in [0.29, 0.717) is 18.8 Å². The van der Waals surface area contributed by atoms with Crippen LogP contribution in [0.25, 0.3) is 4.96 Å². The van der Waals surface area contributed by atoms with Crippen LogP contribution in [0.2, 0.25) is 0 Å². The second kappa shape index (κ2) is 10.2. The van der Waals surface area contributed by atoms with E-state index in [0.717, 1.165) is 30.2 Å². The van der Waals surface area contributed by atoms with E-state index >= 15 is 0 Å². The van der Waals surface area contributed by atoms with Gasteiger partial charge < -0.3 is 15.1 Å². The van der Waals surface area contributed by atoms with Crippen LogP contribution in [-0.2, 0) is 13.0 Å². The summed E-state index contributed by atoms with van der Waals surface area (Å²) in [7, 11) is 1.87. The summed E-state index contributed by atoms with van der Waals surface area (Å²) >= 11 is 1.57. The number of thiazole rings is 1. The molecule has 0 spiro atoms. The van der Waals surface area contributed by atoms with Gasteiger partial charge in [-0.25, -0.2) is 4.98 Å². The molecule has 4 rings (SSSR count). The standard InChI is InChI=1S/C23H31N5OS/c1-26(14-10-19-8-4-2-5-9-19)22(29)21-20(28-16-17-30-23(28)25-21)18-24-11-15-27-12-6-3-7-13-27/h2,4-5,8-9,16-17,24H,3,6-7,10-15,18H2,1H3. The molecular weight excluding hydrogens is 394 g/mol. The van der Waals surface area contributed by atoms with E-state index in [1.165, 1.54) is 37.9 Å². The van der Waals surface area contributed by atoms with Crippen molar-refractivity contribution in [1.82, 2.24) is 24.5 Å². The second-order valence-electron chi connectivity index (χ2n) is 8.00. The molecule has 0 aliphatic carbocycles. The Bertz CT molecular complexity index is 945. The zero-order chi connectivity index (χ0) is 20.8. The van der Waals surface area contributed by atoms with Gasteiger partial charge in [0.25, 0.3) is 5.91 Å². The topological polar surface area (TPSA) is 52.9 Å². The predicted molar refractivity (Wildman–Crippen MR) is 122 cm³/mol. The summed E-state index contributed by atoms with van der Waals surface area (Å²) in [5.74, 6) is -0.00494. The van der Waals surface area contributed by atoms with Crippen LogP contribution in [0.15, 0.2) is 41.9 Å². The second-order valence-corrected chi connectivity index (χ2v) is 8.88. The molecule has 0 bridgehead atoms. The van der Waals surface area contributed by atoms with Gasteiger partial charge in [0.2, 0.25) is 0 Å². The molecule has 2 aromatic heterocycles. The third-order valence-electron chi connectivity index (χ3n) is 5.83. The lowest BCUT2D eigenvalue weighted by molar-refractivity contribution is 0.0790. The van der Waals surface area contributed by atoms with E-state index in [-0.39, 0.29) is 5.91 Å². The Balaban J connectivity index is 1.37. The van der Waals surface area contributed by atoms with E-state index in [2.05, 4.69) is 31.7 Å². The van der Waals surface area contributed by atoms with Crippen molar-refractivity contribution in [2.75, 3.05) is 39.8 Å². The third-order valence-corrected chi connectivity index (χ3v) is 6.59. The molecule has 1 aliphatic heterocycles. The van der Waals surface area contributed by atoms with Gasteiger partial charge in [-0.3, -0.25) is 9.20 Å². The van der Waals surface area contributed by atoms with Crippen LogP contribution >= 0.6 is 11.3 Å². The molecular formula is C23H31N5OS. The zero-order valence-corrected chi connectivity index (χ0v) is 18.5. The number of piperidine rings is 1. The van der Waals surface area contributed by atoms with Crippen molar-refractivity contribution in [3.63, 3.8) is 0 Å². The summed E-state index contributed by atoms with van der Waals surface area (Å²) in [5, 5.41) is 5.56. The highest BCUT2D eigenvalue weighted by molar-refractivity contribution is 7.15. The minimum absolute atomic E-state index is 0.00494. The number of likely N-dealkylation sites (tertiary alicyclic amines) is 1. The number of benzene rings is 1. The molecule has 1 N–H and O–H groups in total. The first kappa shape index (κ1) is 21.0. The lowest BCUT2D eigenvalue weighted by Gasteiger charge is -2.26. The maximum Gasteiger partial charge on any atom is 0.274 e. The van der Waals surface area contributed by atoms with Crippen LogP contribution in [0.5, 0.6) is 0 Å². The van der Waals surface area contributed by atoms with Crippen molar-refractivity contribution in [2.45, 2.75) is 32.2 Å². The third kappa shape index (κ3) is 5.09. The molecule has 1 amide bonds. The number of aromatic nitrogens is 2. The number of nitrogens with one attached hydrogen (secondary N) is 1. The average molecular weight is 426 g/mol. The molecule has 1 saturated heterocycles. The molecule has 6 nitrogen and oxygen atoms in total. The van der Waals surface area contributed by atoms with Crippen molar-refractivity contribution in [2.24, 2.45) is 0 Å². The summed E-state index contributed by atoms with van der Waals surface area (Å²) in [5.41, 5.74) is 2.77. The molecule has 1 aromatic carbocycles. The van der Waals surface area contributed by atoms with E-state index in [4.69, 9.17) is 0 Å². The van der Waals surface area contributed by atoms with Crippen molar-refractivity contribution >= 4 is 22.2 Å². The fourth-order valence-electron chi connectivity index (χ4n) is 4.02. The highest BCUT2D eigenvalue weighted by Crippen LogP contribution is 2.19. The zero-order valence-electron chi connectivity index (χ0n) is 17.7. The number of carbonyl (C=O) groups excluding carboxylic acids is 1. The molecule has 0 unspecified atom stereocenters. The molecule has 0 radical (unpaired) electrons. The Labute approximate surface area is 182 Å². The fourth-order valence-corrected chi connectivity index (χ4v) is 4.76. The first-order valence-electron chi connectivity index (χ1n) is 10.9. The monoisotopic (exact) mass is 425 g/mol. The van der Waals surface area contributed by atoms with Crippen molar-refractivity contribution in [3.05, 3.63) is 58.9 Å². The summed E-state index contributed by atoms with van der Waals surface area (Å²) in [6.07, 6.45) is 6.83. The normalized spacial score (nSPS) is 15.0. The number of nitrogens with zero attached hydrogens (tertiary/aromatic N) is 4. The van der Waals surface area contributed by atoms with E-state index in [1.807, 2.05) is 36.8 Å². The Hall–Kier alpha value is -2.22. The number of hydrogen-bond donors (Lipinski definition) is 1. The molecule has 1 aliphatic rings. The Kier molecular flexibility index (Phi) is 7.15. The van der Waals surface area contributed by atoms with Gasteiger partial charge in [-0.1, -0.05) is 36.8 Å². The van der Waals surface area contributed by atoms with Gasteiger partial charge in [-0.2, -0.15) is 0 Å². The summed E-state index contributed by atoms with van der Waals surface area (Å²) in [4.78, 5) is 23.0. The minimum Gasteiger partial charge on any atom is -0.340 e. The van der Waals surface area contributed by atoms with Crippen LogP contribution in [-0.4, -0.2) is 64.9 Å². The van der Waals surface area contributed by atoms with Crippen LogP contribution in [0.3, 0.4) is 0 Å². The van der Waals surface area contributed by atoms with Crippen LogP contribution < -0.4 is 5.32 Å². The van der Waals surface area contributed by atoms with E-state index in [9.17, 15) is 4.79 Å². The number of hydrogen-bond acceptors (Lipinski definition) is 5. The predicted octanol–water partition coefficient (Wildman–Crippen LogP) is 3.29. The first-order chi connectivity index (χ1) is 14.7. The minimum atomic E-state index is -0.00494. The molecule has 160 valence electrons. The highest BCUT2D eigenvalue weighted by atomic mass is 32.1. The number of carbonyl (C=O) groups is 1. The SMILES string of the molecule is CN(CCc1ccccc1)C(=O)c1nc2sccn2c1CNCCN1CCCCC1. The lowest BCUT2D eigenvalue weighted by atomic mass is 10.1. The van der Waals surface area contributed by atoms with Gasteiger partial charge in [-0.15, -0.1) is 11.3 Å². The molecule has 7 heteroatoms. The van der Waals surface area contributed by atoms with Crippen LogP contribution in [0.4, 0.5) is 0 Å². The average Bonchev–Trinajstić information content (AvgIpc) is 3.38. The Morgan fingerprint density at radius 1 is 1.20 bits per heavy atom. The van der Waals surface area contributed by atoms with Gasteiger partial charge >= 0.3 is 0 Å².